The SMILES string of the molecule is CNC(=O)c1[nH]ncc1-c1cc(Sc2ncccc2F)c2c(C#N)cnn2c1. The van der Waals surface area contributed by atoms with E-state index in [1.165, 1.54) is 42.3 Å². The first kappa shape index (κ1) is 17.7. The highest BCUT2D eigenvalue weighted by molar-refractivity contribution is 7.99. The Morgan fingerprint density at radius 3 is 3.04 bits per heavy atom. The number of carbonyl (C=O) groups is 1. The van der Waals surface area contributed by atoms with Gasteiger partial charge < -0.3 is 5.32 Å². The molecule has 0 atom stereocenters. The number of nitrogens with one attached hydrogen (secondary N) is 2. The molecule has 10 heteroatoms. The summed E-state index contributed by atoms with van der Waals surface area (Å²) in [5.41, 5.74) is 2.36. The van der Waals surface area contributed by atoms with Gasteiger partial charge >= 0.3 is 0 Å². The van der Waals surface area contributed by atoms with Crippen molar-refractivity contribution in [1.82, 2.24) is 30.1 Å². The third-order valence-corrected chi connectivity index (χ3v) is 5.06. The Balaban J connectivity index is 1.92. The van der Waals surface area contributed by atoms with Crippen molar-refractivity contribution in [2.24, 2.45) is 0 Å². The number of hydrogen-bond acceptors (Lipinski definition) is 6. The minimum absolute atomic E-state index is 0.172. The van der Waals surface area contributed by atoms with Gasteiger partial charge in [0.1, 0.15) is 16.8 Å². The molecule has 0 fully saturated rings. The van der Waals surface area contributed by atoms with Gasteiger partial charge in [0.25, 0.3) is 5.91 Å². The van der Waals surface area contributed by atoms with Gasteiger partial charge in [-0.1, -0.05) is 11.8 Å². The fourth-order valence-electron chi connectivity index (χ4n) is 2.74. The van der Waals surface area contributed by atoms with Crippen molar-refractivity contribution in [3.8, 4) is 17.2 Å². The van der Waals surface area contributed by atoms with E-state index < -0.39 is 5.82 Å². The minimum atomic E-state index is -0.469. The number of nitrogens with zero attached hydrogens (tertiary/aromatic N) is 5. The van der Waals surface area contributed by atoms with Crippen molar-refractivity contribution in [2.45, 2.75) is 9.92 Å². The topological polar surface area (TPSA) is 112 Å². The van der Waals surface area contributed by atoms with Crippen LogP contribution in [0.25, 0.3) is 16.6 Å². The van der Waals surface area contributed by atoms with Crippen molar-refractivity contribution < 1.29 is 9.18 Å². The molecule has 0 radical (unpaired) electrons. The van der Waals surface area contributed by atoms with Gasteiger partial charge in [-0.3, -0.25) is 9.89 Å². The summed E-state index contributed by atoms with van der Waals surface area (Å²) in [5.74, 6) is -0.792. The second-order valence-corrected chi connectivity index (χ2v) is 6.72. The Morgan fingerprint density at radius 2 is 2.29 bits per heavy atom. The summed E-state index contributed by atoms with van der Waals surface area (Å²) in [7, 11) is 1.52. The van der Waals surface area contributed by atoms with Gasteiger partial charge in [0.05, 0.1) is 23.5 Å². The van der Waals surface area contributed by atoms with Crippen LogP contribution in [0.1, 0.15) is 16.1 Å². The largest absolute Gasteiger partial charge is 0.354 e. The van der Waals surface area contributed by atoms with Gasteiger partial charge in [0, 0.05) is 35.5 Å². The molecule has 2 N–H and O–H groups in total. The fraction of sp³-hybridized carbons (Fsp3) is 0.0556. The third-order valence-electron chi connectivity index (χ3n) is 4.03. The lowest BCUT2D eigenvalue weighted by molar-refractivity contribution is 0.0959. The molecule has 28 heavy (non-hydrogen) atoms. The van der Waals surface area contributed by atoms with Crippen LogP contribution < -0.4 is 5.32 Å². The summed E-state index contributed by atoms with van der Waals surface area (Å²) in [4.78, 5) is 16.7. The Bertz CT molecular complexity index is 1240. The predicted molar refractivity (Wildman–Crippen MR) is 99.2 cm³/mol. The summed E-state index contributed by atoms with van der Waals surface area (Å²) in [6, 6.07) is 6.67. The fourth-order valence-corrected chi connectivity index (χ4v) is 3.72. The molecule has 0 saturated heterocycles. The van der Waals surface area contributed by atoms with Gasteiger partial charge in [-0.15, -0.1) is 0 Å². The highest BCUT2D eigenvalue weighted by Crippen LogP contribution is 2.36. The van der Waals surface area contributed by atoms with E-state index >= 15 is 0 Å². The lowest BCUT2D eigenvalue weighted by Crippen LogP contribution is -2.19. The van der Waals surface area contributed by atoms with E-state index in [1.807, 2.05) is 0 Å². The van der Waals surface area contributed by atoms with Crippen molar-refractivity contribution in [3.63, 3.8) is 0 Å². The van der Waals surface area contributed by atoms with E-state index in [0.717, 1.165) is 11.8 Å². The molecule has 0 unspecified atom stereocenters. The van der Waals surface area contributed by atoms with E-state index in [4.69, 9.17) is 0 Å². The average Bonchev–Trinajstić information content (AvgIpc) is 3.36. The molecule has 0 aromatic carbocycles. The van der Waals surface area contributed by atoms with Gasteiger partial charge in [-0.05, 0) is 18.2 Å². The van der Waals surface area contributed by atoms with Crippen LogP contribution in [-0.2, 0) is 0 Å². The van der Waals surface area contributed by atoms with Crippen molar-refractivity contribution in [1.29, 1.82) is 5.26 Å². The van der Waals surface area contributed by atoms with Crippen LogP contribution in [-0.4, -0.2) is 37.8 Å². The Morgan fingerprint density at radius 1 is 1.43 bits per heavy atom. The second-order valence-electron chi connectivity index (χ2n) is 5.69. The zero-order valence-electron chi connectivity index (χ0n) is 14.5. The summed E-state index contributed by atoms with van der Waals surface area (Å²) >= 11 is 1.08. The van der Waals surface area contributed by atoms with Gasteiger partial charge in [0.2, 0.25) is 0 Å². The van der Waals surface area contributed by atoms with Crippen LogP contribution >= 0.6 is 11.8 Å². The molecule has 0 aliphatic rings. The van der Waals surface area contributed by atoms with Crippen LogP contribution in [0.5, 0.6) is 0 Å². The Hall–Kier alpha value is -3.71. The van der Waals surface area contributed by atoms with E-state index in [0.29, 0.717) is 27.1 Å². The van der Waals surface area contributed by atoms with Gasteiger partial charge in [-0.25, -0.2) is 13.9 Å². The molecular weight excluding hydrogens is 381 g/mol. The number of rotatable bonds is 4. The molecule has 4 rings (SSSR count). The Kier molecular flexibility index (Phi) is 4.50. The number of nitriles is 1. The van der Waals surface area contributed by atoms with Crippen molar-refractivity contribution in [3.05, 3.63) is 60.1 Å². The monoisotopic (exact) mass is 393 g/mol. The molecule has 4 aromatic rings. The van der Waals surface area contributed by atoms with Gasteiger partial charge in [-0.2, -0.15) is 15.5 Å². The van der Waals surface area contributed by atoms with Crippen LogP contribution in [0.3, 0.4) is 0 Å². The summed E-state index contributed by atoms with van der Waals surface area (Å²) in [6.45, 7) is 0. The molecule has 1 amide bonds. The van der Waals surface area contributed by atoms with E-state index in [1.54, 1.807) is 12.3 Å². The lowest BCUT2D eigenvalue weighted by atomic mass is 10.1. The molecule has 4 aromatic heterocycles. The molecular formula is C18H12FN7OS. The normalized spacial score (nSPS) is 10.8. The number of amides is 1. The quantitative estimate of drug-likeness (QED) is 0.551. The first-order valence-electron chi connectivity index (χ1n) is 8.08. The molecule has 0 saturated carbocycles. The zero-order valence-corrected chi connectivity index (χ0v) is 15.3. The highest BCUT2D eigenvalue weighted by atomic mass is 32.2. The first-order chi connectivity index (χ1) is 13.6. The number of hydrogen-bond donors (Lipinski definition) is 2. The number of aromatic nitrogens is 5. The van der Waals surface area contributed by atoms with Crippen molar-refractivity contribution >= 4 is 23.2 Å². The summed E-state index contributed by atoms with van der Waals surface area (Å²) in [5, 5.41) is 23.0. The number of pyridine rings is 2. The number of H-pyrrole nitrogens is 1. The van der Waals surface area contributed by atoms with E-state index in [-0.39, 0.29) is 16.6 Å². The van der Waals surface area contributed by atoms with Gasteiger partial charge in [0.15, 0.2) is 5.82 Å². The molecule has 0 aliphatic carbocycles. The molecule has 0 bridgehead atoms. The highest BCUT2D eigenvalue weighted by Gasteiger charge is 2.19. The van der Waals surface area contributed by atoms with Crippen LogP contribution in [0.15, 0.2) is 52.9 Å². The van der Waals surface area contributed by atoms with E-state index in [9.17, 15) is 14.4 Å². The minimum Gasteiger partial charge on any atom is -0.354 e. The van der Waals surface area contributed by atoms with Crippen molar-refractivity contribution in [2.75, 3.05) is 7.05 Å². The third kappa shape index (κ3) is 2.97. The predicted octanol–water partition coefficient (Wildman–Crippen LogP) is 2.64. The number of carbonyl (C=O) groups excluding carboxylic acids is 1. The second kappa shape index (κ2) is 7.13. The molecule has 138 valence electrons. The number of aromatic amines is 1. The van der Waals surface area contributed by atoms with Crippen LogP contribution in [0, 0.1) is 17.1 Å². The van der Waals surface area contributed by atoms with Crippen LogP contribution in [0.4, 0.5) is 4.39 Å². The standard InChI is InChI=1S/C18H12FN7OS/c1-21-17(27)15-12(8-23-25-15)10-5-14(28-18-13(19)3-2-4-22-18)16-11(6-20)7-24-26(16)9-10/h2-5,7-9H,1H3,(H,21,27)(H,23,25). The zero-order chi connectivity index (χ0) is 19.7. The maximum atomic E-state index is 14.1. The first-order valence-corrected chi connectivity index (χ1v) is 8.89. The lowest BCUT2D eigenvalue weighted by Gasteiger charge is -2.09. The smallest absolute Gasteiger partial charge is 0.269 e. The summed E-state index contributed by atoms with van der Waals surface area (Å²) < 4.78 is 15.7. The molecule has 0 aliphatic heterocycles. The maximum Gasteiger partial charge on any atom is 0.269 e. The maximum absolute atomic E-state index is 14.1. The average molecular weight is 393 g/mol. The number of fused-ring (bicyclic) bond motifs is 1. The number of halogens is 1. The molecule has 4 heterocycles. The summed E-state index contributed by atoms with van der Waals surface area (Å²) in [6.07, 6.45) is 6.14. The molecule has 0 spiro atoms. The molecule has 8 nitrogen and oxygen atoms in total. The van der Waals surface area contributed by atoms with E-state index in [2.05, 4.69) is 31.7 Å². The Labute approximate surface area is 162 Å². The van der Waals surface area contributed by atoms with Crippen LogP contribution in [0.2, 0.25) is 0 Å².